The molecule has 1 aliphatic rings. The summed E-state index contributed by atoms with van der Waals surface area (Å²) in [5.41, 5.74) is -0.786. The number of aliphatic carboxylic acids is 1. The molecule has 1 heterocycles. The van der Waals surface area contributed by atoms with E-state index in [1.54, 1.807) is 18.2 Å². The van der Waals surface area contributed by atoms with Gasteiger partial charge in [-0.15, -0.1) is 0 Å². The van der Waals surface area contributed by atoms with Crippen LogP contribution in [0.1, 0.15) is 12.0 Å². The van der Waals surface area contributed by atoms with Crippen molar-refractivity contribution in [2.45, 2.75) is 12.0 Å². The third kappa shape index (κ3) is 3.56. The topological polar surface area (TPSA) is 75.6 Å². The van der Waals surface area contributed by atoms with E-state index in [2.05, 4.69) is 5.32 Å². The van der Waals surface area contributed by atoms with Crippen molar-refractivity contribution >= 4 is 41.2 Å². The van der Waals surface area contributed by atoms with Crippen molar-refractivity contribution in [2.24, 2.45) is 0 Å². The Kier molecular flexibility index (Phi) is 4.88. The van der Waals surface area contributed by atoms with Gasteiger partial charge in [0.25, 0.3) is 0 Å². The number of carbonyl (C=O) groups is 2. The highest BCUT2D eigenvalue weighted by molar-refractivity contribution is 6.42. The van der Waals surface area contributed by atoms with Gasteiger partial charge in [-0.05, 0) is 17.7 Å². The van der Waals surface area contributed by atoms with Gasteiger partial charge in [0.1, 0.15) is 0 Å². The highest BCUT2D eigenvalue weighted by Crippen LogP contribution is 2.26. The molecule has 1 aromatic carbocycles. The van der Waals surface area contributed by atoms with Crippen molar-refractivity contribution < 1.29 is 19.4 Å². The molecule has 0 saturated carbocycles. The van der Waals surface area contributed by atoms with Gasteiger partial charge in [-0.3, -0.25) is 4.79 Å². The summed E-state index contributed by atoms with van der Waals surface area (Å²) in [5.74, 6) is -1.64. The molecule has 21 heavy (non-hydrogen) atoms. The fourth-order valence-corrected chi connectivity index (χ4v) is 2.35. The fraction of sp³-hybridized carbons (Fsp3) is 0.286. The summed E-state index contributed by atoms with van der Waals surface area (Å²) in [6, 6.07) is 5.04. The Labute approximate surface area is 131 Å². The molecule has 7 heteroatoms. The van der Waals surface area contributed by atoms with Crippen LogP contribution in [0.5, 0.6) is 0 Å². The number of nitrogens with one attached hydrogen (secondary N) is 1. The molecule has 0 aromatic heterocycles. The van der Waals surface area contributed by atoms with Crippen LogP contribution in [0.3, 0.4) is 0 Å². The zero-order valence-electron chi connectivity index (χ0n) is 10.9. The zero-order chi connectivity index (χ0) is 15.5. The predicted molar refractivity (Wildman–Crippen MR) is 79.4 cm³/mol. The van der Waals surface area contributed by atoms with Crippen LogP contribution in [0, 0.1) is 0 Å². The Hall–Kier alpha value is -1.56. The van der Waals surface area contributed by atoms with E-state index in [1.807, 2.05) is 0 Å². The molecule has 0 bridgehead atoms. The van der Waals surface area contributed by atoms with E-state index in [0.29, 0.717) is 22.2 Å². The minimum absolute atomic E-state index is 0.0418. The van der Waals surface area contributed by atoms with Crippen LogP contribution >= 0.6 is 23.2 Å². The lowest BCUT2D eigenvalue weighted by Gasteiger charge is -2.22. The van der Waals surface area contributed by atoms with Gasteiger partial charge in [0.05, 0.1) is 16.7 Å². The summed E-state index contributed by atoms with van der Waals surface area (Å²) in [4.78, 5) is 23.2. The number of hydrogen-bond donors (Lipinski definition) is 2. The lowest BCUT2D eigenvalue weighted by Crippen LogP contribution is -2.54. The van der Waals surface area contributed by atoms with Crippen molar-refractivity contribution in [3.8, 4) is 0 Å². The minimum atomic E-state index is -1.36. The number of halogens is 2. The largest absolute Gasteiger partial charge is 0.479 e. The smallest absolute Gasteiger partial charge is 0.331 e. The van der Waals surface area contributed by atoms with E-state index >= 15 is 0 Å². The van der Waals surface area contributed by atoms with Crippen molar-refractivity contribution in [2.75, 3.05) is 13.2 Å². The van der Waals surface area contributed by atoms with Crippen LogP contribution in [0.25, 0.3) is 6.08 Å². The highest BCUT2D eigenvalue weighted by atomic mass is 35.5. The van der Waals surface area contributed by atoms with Gasteiger partial charge in [-0.25, -0.2) is 4.79 Å². The maximum atomic E-state index is 11.9. The van der Waals surface area contributed by atoms with Crippen LogP contribution in [0.2, 0.25) is 10.0 Å². The van der Waals surface area contributed by atoms with Gasteiger partial charge < -0.3 is 15.2 Å². The fourth-order valence-electron chi connectivity index (χ4n) is 1.98. The molecule has 1 aliphatic heterocycles. The monoisotopic (exact) mass is 329 g/mol. The molecule has 0 spiro atoms. The molecule has 2 N–H and O–H groups in total. The Morgan fingerprint density at radius 1 is 1.38 bits per heavy atom. The molecule has 1 unspecified atom stereocenters. The number of hydrogen-bond acceptors (Lipinski definition) is 3. The number of amides is 1. The summed E-state index contributed by atoms with van der Waals surface area (Å²) in [5, 5.41) is 12.4. The van der Waals surface area contributed by atoms with Crippen molar-refractivity contribution in [3.05, 3.63) is 39.9 Å². The van der Waals surface area contributed by atoms with Crippen molar-refractivity contribution in [3.63, 3.8) is 0 Å². The number of carboxylic acids is 1. The summed E-state index contributed by atoms with van der Waals surface area (Å²) in [7, 11) is 0. The Morgan fingerprint density at radius 3 is 2.76 bits per heavy atom. The standard InChI is InChI=1S/C14H13Cl2NO4/c15-10-3-1-2-9(12(10)16)4-5-11(18)17-14(13(19)20)6-7-21-8-14/h1-5H,6-8H2,(H,17,18)(H,19,20). The van der Waals surface area contributed by atoms with Crippen LogP contribution < -0.4 is 5.32 Å². The molecule has 112 valence electrons. The number of carboxylic acid groups (broad SMARTS) is 1. The minimum Gasteiger partial charge on any atom is -0.479 e. The van der Waals surface area contributed by atoms with Crippen LogP contribution in [0.15, 0.2) is 24.3 Å². The number of ether oxygens (including phenoxy) is 1. The molecule has 1 fully saturated rings. The zero-order valence-corrected chi connectivity index (χ0v) is 12.4. The van der Waals surface area contributed by atoms with E-state index in [4.69, 9.17) is 27.9 Å². The first kappa shape index (κ1) is 15.8. The maximum Gasteiger partial charge on any atom is 0.331 e. The Bertz CT molecular complexity index is 595. The third-order valence-electron chi connectivity index (χ3n) is 3.19. The SMILES string of the molecule is O=C(C=Cc1cccc(Cl)c1Cl)NC1(C(=O)O)CCOC1. The van der Waals surface area contributed by atoms with Crippen LogP contribution in [-0.2, 0) is 14.3 Å². The lowest BCUT2D eigenvalue weighted by atomic mass is 9.99. The third-order valence-corrected chi connectivity index (χ3v) is 4.02. The molecule has 2 rings (SSSR count). The van der Waals surface area contributed by atoms with E-state index in [1.165, 1.54) is 12.2 Å². The molecule has 5 nitrogen and oxygen atoms in total. The molecule has 0 aliphatic carbocycles. The first-order valence-corrected chi connectivity index (χ1v) is 6.95. The van der Waals surface area contributed by atoms with Gasteiger partial charge >= 0.3 is 5.97 Å². The van der Waals surface area contributed by atoms with E-state index < -0.39 is 17.4 Å². The first-order valence-electron chi connectivity index (χ1n) is 6.20. The quantitative estimate of drug-likeness (QED) is 0.831. The number of benzene rings is 1. The van der Waals surface area contributed by atoms with Gasteiger partial charge in [0, 0.05) is 19.1 Å². The predicted octanol–water partition coefficient (Wildman–Crippen LogP) is 2.37. The molecule has 1 amide bonds. The molecule has 1 aromatic rings. The van der Waals surface area contributed by atoms with E-state index in [0.717, 1.165) is 0 Å². The molecule has 1 saturated heterocycles. The second kappa shape index (κ2) is 6.47. The molecular formula is C14H13Cl2NO4. The Balaban J connectivity index is 2.09. The molecule has 1 atom stereocenters. The van der Waals surface area contributed by atoms with E-state index in [9.17, 15) is 14.7 Å². The average molecular weight is 330 g/mol. The summed E-state index contributed by atoms with van der Waals surface area (Å²) in [6.45, 7) is 0.260. The van der Waals surface area contributed by atoms with Crippen molar-refractivity contribution in [1.82, 2.24) is 5.32 Å². The van der Waals surface area contributed by atoms with Gasteiger partial charge in [-0.2, -0.15) is 0 Å². The second-order valence-corrected chi connectivity index (χ2v) is 5.44. The van der Waals surface area contributed by atoms with Gasteiger partial charge in [-0.1, -0.05) is 35.3 Å². The molecule has 0 radical (unpaired) electrons. The van der Waals surface area contributed by atoms with Crippen molar-refractivity contribution in [1.29, 1.82) is 0 Å². The normalized spacial score (nSPS) is 21.6. The number of carbonyl (C=O) groups excluding carboxylic acids is 1. The van der Waals surface area contributed by atoms with Crippen LogP contribution in [0.4, 0.5) is 0 Å². The summed E-state index contributed by atoms with van der Waals surface area (Å²) in [6.07, 6.45) is 2.94. The summed E-state index contributed by atoms with van der Waals surface area (Å²) < 4.78 is 5.06. The first-order chi connectivity index (χ1) is 9.94. The van der Waals surface area contributed by atoms with E-state index in [-0.39, 0.29) is 13.0 Å². The van der Waals surface area contributed by atoms with Gasteiger partial charge in [0.2, 0.25) is 5.91 Å². The maximum absolute atomic E-state index is 11.9. The highest BCUT2D eigenvalue weighted by Gasteiger charge is 2.43. The summed E-state index contributed by atoms with van der Waals surface area (Å²) >= 11 is 11.9. The van der Waals surface area contributed by atoms with Gasteiger partial charge in [0.15, 0.2) is 5.54 Å². The lowest BCUT2D eigenvalue weighted by molar-refractivity contribution is -0.147. The van der Waals surface area contributed by atoms with Crippen LogP contribution in [-0.4, -0.2) is 35.7 Å². The molecular weight excluding hydrogens is 317 g/mol. The Morgan fingerprint density at radius 2 is 2.14 bits per heavy atom. The second-order valence-electron chi connectivity index (χ2n) is 4.66. The number of rotatable bonds is 4. The average Bonchev–Trinajstić information content (AvgIpc) is 2.90.